The minimum absolute atomic E-state index is 0.0342. The molecule has 2 heteroatoms. The van der Waals surface area contributed by atoms with Gasteiger partial charge in [-0.25, -0.2) is 0 Å². The third-order valence-electron chi connectivity index (χ3n) is 4.31. The Bertz CT molecular complexity index is 645. The molecule has 0 aromatic heterocycles. The Morgan fingerprint density at radius 2 is 1.90 bits per heavy atom. The Labute approximate surface area is 120 Å². The molecule has 0 spiro atoms. The minimum atomic E-state index is -0.0342. The second-order valence-electron chi connectivity index (χ2n) is 6.02. The van der Waals surface area contributed by atoms with Crippen LogP contribution in [0.3, 0.4) is 0 Å². The first-order valence-corrected chi connectivity index (χ1v) is 7.29. The summed E-state index contributed by atoms with van der Waals surface area (Å²) in [5, 5.41) is 11.8. The zero-order valence-electron chi connectivity index (χ0n) is 12.0. The van der Waals surface area contributed by atoms with Gasteiger partial charge in [0, 0.05) is 13.1 Å². The second-order valence-corrected chi connectivity index (χ2v) is 6.02. The molecule has 2 aromatic carbocycles. The molecule has 1 aliphatic carbocycles. The smallest absolute Gasteiger partial charge is 0.0703 e. The van der Waals surface area contributed by atoms with Crippen molar-refractivity contribution >= 4 is 10.8 Å². The van der Waals surface area contributed by atoms with Crippen LogP contribution in [0.4, 0.5) is 0 Å². The molecule has 0 amide bonds. The lowest BCUT2D eigenvalue weighted by molar-refractivity contribution is 0.298. The van der Waals surface area contributed by atoms with Crippen LogP contribution >= 0.6 is 0 Å². The number of hydrogen-bond acceptors (Lipinski definition) is 2. The lowest BCUT2D eigenvalue weighted by atomic mass is 10.0. The molecule has 1 aliphatic rings. The highest BCUT2D eigenvalue weighted by Crippen LogP contribution is 2.45. The van der Waals surface area contributed by atoms with Crippen molar-refractivity contribution in [3.63, 3.8) is 0 Å². The van der Waals surface area contributed by atoms with E-state index in [2.05, 4.69) is 60.5 Å². The highest BCUT2D eigenvalue weighted by atomic mass is 15.1. The molecule has 0 saturated heterocycles. The molecule has 0 aliphatic heterocycles. The van der Waals surface area contributed by atoms with E-state index in [0.717, 1.165) is 32.4 Å². The average molecular weight is 264 g/mol. The van der Waals surface area contributed by atoms with Crippen LogP contribution in [0.2, 0.25) is 0 Å². The molecule has 0 unspecified atom stereocenters. The summed E-state index contributed by atoms with van der Waals surface area (Å²) in [7, 11) is 2.13. The predicted molar refractivity (Wildman–Crippen MR) is 82.4 cm³/mol. The maximum atomic E-state index is 9.16. The van der Waals surface area contributed by atoms with Crippen molar-refractivity contribution in [1.82, 2.24) is 4.90 Å². The SMILES string of the molecule is CN(CCc1cccc2ccccc12)CC1(C#N)CC1. The fourth-order valence-corrected chi connectivity index (χ4v) is 2.87. The molecule has 0 heterocycles. The maximum absolute atomic E-state index is 9.16. The summed E-state index contributed by atoms with van der Waals surface area (Å²) in [4.78, 5) is 2.30. The van der Waals surface area contributed by atoms with Crippen LogP contribution in [0.15, 0.2) is 42.5 Å². The van der Waals surface area contributed by atoms with Gasteiger partial charge in [0.2, 0.25) is 0 Å². The van der Waals surface area contributed by atoms with Crippen molar-refractivity contribution in [3.05, 3.63) is 48.0 Å². The monoisotopic (exact) mass is 264 g/mol. The highest BCUT2D eigenvalue weighted by Gasteiger charge is 2.43. The van der Waals surface area contributed by atoms with Gasteiger partial charge < -0.3 is 4.90 Å². The third kappa shape index (κ3) is 2.69. The molecule has 1 saturated carbocycles. The summed E-state index contributed by atoms with van der Waals surface area (Å²) >= 11 is 0. The first-order chi connectivity index (χ1) is 9.72. The largest absolute Gasteiger partial charge is 0.304 e. The van der Waals surface area contributed by atoms with E-state index >= 15 is 0 Å². The second kappa shape index (κ2) is 5.26. The molecule has 1 fully saturated rings. The molecule has 20 heavy (non-hydrogen) atoms. The van der Waals surface area contributed by atoms with Gasteiger partial charge in [-0.15, -0.1) is 0 Å². The number of nitrogens with zero attached hydrogens (tertiary/aromatic N) is 2. The van der Waals surface area contributed by atoms with Gasteiger partial charge in [0.05, 0.1) is 11.5 Å². The van der Waals surface area contributed by atoms with Gasteiger partial charge in [-0.05, 0) is 42.6 Å². The zero-order chi connectivity index (χ0) is 14.0. The Kier molecular flexibility index (Phi) is 3.46. The van der Waals surface area contributed by atoms with E-state index in [1.807, 2.05) is 0 Å². The summed E-state index contributed by atoms with van der Waals surface area (Å²) < 4.78 is 0. The highest BCUT2D eigenvalue weighted by molar-refractivity contribution is 5.85. The van der Waals surface area contributed by atoms with E-state index in [-0.39, 0.29) is 5.41 Å². The molecule has 0 radical (unpaired) electrons. The van der Waals surface area contributed by atoms with Gasteiger partial charge in [0.15, 0.2) is 0 Å². The Morgan fingerprint density at radius 1 is 1.15 bits per heavy atom. The topological polar surface area (TPSA) is 27.0 Å². The van der Waals surface area contributed by atoms with Gasteiger partial charge in [-0.3, -0.25) is 0 Å². The molecule has 0 N–H and O–H groups in total. The van der Waals surface area contributed by atoms with E-state index in [9.17, 15) is 0 Å². The van der Waals surface area contributed by atoms with Crippen molar-refractivity contribution in [2.45, 2.75) is 19.3 Å². The van der Waals surface area contributed by atoms with Crippen molar-refractivity contribution in [2.24, 2.45) is 5.41 Å². The van der Waals surface area contributed by atoms with Crippen molar-refractivity contribution in [2.75, 3.05) is 20.1 Å². The molecule has 102 valence electrons. The molecule has 0 bridgehead atoms. The van der Waals surface area contributed by atoms with E-state index in [1.54, 1.807) is 0 Å². The summed E-state index contributed by atoms with van der Waals surface area (Å²) in [5.74, 6) is 0. The number of fused-ring (bicyclic) bond motifs is 1. The number of hydrogen-bond donors (Lipinski definition) is 0. The van der Waals surface area contributed by atoms with Gasteiger partial charge >= 0.3 is 0 Å². The Balaban J connectivity index is 1.67. The normalized spacial score (nSPS) is 16.2. The quantitative estimate of drug-likeness (QED) is 0.824. The molecular formula is C18H20N2. The van der Waals surface area contributed by atoms with Crippen molar-refractivity contribution < 1.29 is 0 Å². The van der Waals surface area contributed by atoms with Gasteiger partial charge in [0.25, 0.3) is 0 Å². The van der Waals surface area contributed by atoms with E-state index in [0.29, 0.717) is 0 Å². The first-order valence-electron chi connectivity index (χ1n) is 7.29. The Morgan fingerprint density at radius 3 is 2.65 bits per heavy atom. The van der Waals surface area contributed by atoms with Crippen molar-refractivity contribution in [3.8, 4) is 6.07 Å². The third-order valence-corrected chi connectivity index (χ3v) is 4.31. The molecule has 2 nitrogen and oxygen atoms in total. The van der Waals surface area contributed by atoms with E-state index in [4.69, 9.17) is 5.26 Å². The van der Waals surface area contributed by atoms with Crippen LogP contribution < -0.4 is 0 Å². The van der Waals surface area contributed by atoms with Gasteiger partial charge in [-0.2, -0.15) is 5.26 Å². The fraction of sp³-hybridized carbons (Fsp3) is 0.389. The predicted octanol–water partition coefficient (Wildman–Crippen LogP) is 3.62. The standard InChI is InChI=1S/C18H20N2/c1-20(14-18(13-19)10-11-18)12-9-16-7-4-6-15-5-2-3-8-17(15)16/h2-8H,9-12,14H2,1H3. The van der Waals surface area contributed by atoms with E-state index in [1.165, 1.54) is 16.3 Å². The molecule has 0 atom stereocenters. The minimum Gasteiger partial charge on any atom is -0.304 e. The van der Waals surface area contributed by atoms with Crippen LogP contribution in [-0.2, 0) is 6.42 Å². The van der Waals surface area contributed by atoms with Crippen LogP contribution in [0.5, 0.6) is 0 Å². The Hall–Kier alpha value is -1.85. The molecule has 2 aromatic rings. The van der Waals surface area contributed by atoms with E-state index < -0.39 is 0 Å². The zero-order valence-corrected chi connectivity index (χ0v) is 12.0. The van der Waals surface area contributed by atoms with Crippen LogP contribution in [0.1, 0.15) is 18.4 Å². The molecule has 3 rings (SSSR count). The van der Waals surface area contributed by atoms with Crippen molar-refractivity contribution in [1.29, 1.82) is 5.26 Å². The number of benzene rings is 2. The average Bonchev–Trinajstić information content (AvgIpc) is 3.25. The first kappa shape index (κ1) is 13.1. The van der Waals surface area contributed by atoms with Crippen LogP contribution in [-0.4, -0.2) is 25.0 Å². The van der Waals surface area contributed by atoms with Crippen LogP contribution in [0.25, 0.3) is 10.8 Å². The molecular weight excluding hydrogens is 244 g/mol. The van der Waals surface area contributed by atoms with Gasteiger partial charge in [0.1, 0.15) is 0 Å². The number of nitriles is 1. The van der Waals surface area contributed by atoms with Crippen LogP contribution in [0, 0.1) is 16.7 Å². The summed E-state index contributed by atoms with van der Waals surface area (Å²) in [6.07, 6.45) is 3.18. The lowest BCUT2D eigenvalue weighted by Crippen LogP contribution is -2.28. The fourth-order valence-electron chi connectivity index (χ4n) is 2.87. The lowest BCUT2D eigenvalue weighted by Gasteiger charge is -2.19. The maximum Gasteiger partial charge on any atom is 0.0703 e. The number of likely N-dealkylation sites (N-methyl/N-ethyl adjacent to an activating group) is 1. The number of rotatable bonds is 5. The van der Waals surface area contributed by atoms with Gasteiger partial charge in [-0.1, -0.05) is 42.5 Å². The summed E-state index contributed by atoms with van der Waals surface area (Å²) in [5.41, 5.74) is 1.37. The summed E-state index contributed by atoms with van der Waals surface area (Å²) in [6, 6.07) is 17.5. The summed E-state index contributed by atoms with van der Waals surface area (Å²) in [6.45, 7) is 1.92.